The van der Waals surface area contributed by atoms with Gasteiger partial charge in [0.15, 0.2) is 11.5 Å². The number of carbonyl (C=O) groups excluding carboxylic acids is 2. The number of hydrogen-bond acceptors (Lipinski definition) is 5. The maximum atomic E-state index is 14.5. The Labute approximate surface area is 232 Å². The van der Waals surface area contributed by atoms with Crippen molar-refractivity contribution >= 4 is 23.1 Å². The Morgan fingerprint density at radius 1 is 0.975 bits per heavy atom. The molecule has 3 aromatic rings. The highest BCUT2D eigenvalue weighted by Gasteiger charge is 2.32. The fourth-order valence-electron chi connectivity index (χ4n) is 4.80. The van der Waals surface area contributed by atoms with Crippen molar-refractivity contribution in [2.45, 2.75) is 19.9 Å². The van der Waals surface area contributed by atoms with Crippen molar-refractivity contribution in [3.8, 4) is 5.75 Å². The van der Waals surface area contributed by atoms with Crippen molar-refractivity contribution in [3.05, 3.63) is 101 Å². The molecule has 0 spiro atoms. The zero-order chi connectivity index (χ0) is 28.1. The van der Waals surface area contributed by atoms with E-state index in [1.54, 1.807) is 55.5 Å². The highest BCUT2D eigenvalue weighted by atomic mass is 19.1. The number of carbonyl (C=O) groups is 2. The standard InChI is InChI=1S/C31H31F2N3O4/c1-21(22-7-9-23(10-8-22)30(37)34-13-4-14-35-15-17-39-18-16-35)29-31(38)36(27-5-2-3-6-28(27)40-29)20-24-11-12-25(32)19-26(24)33/h2-3,5-12,19H,4,13-18,20H2,1H3,(H,34,37). The lowest BCUT2D eigenvalue weighted by Gasteiger charge is -2.31. The van der Waals surface area contributed by atoms with Crippen LogP contribution in [0.15, 0.2) is 72.5 Å². The van der Waals surface area contributed by atoms with E-state index in [4.69, 9.17) is 9.47 Å². The maximum absolute atomic E-state index is 14.5. The molecule has 40 heavy (non-hydrogen) atoms. The topological polar surface area (TPSA) is 71.1 Å². The van der Waals surface area contributed by atoms with E-state index < -0.39 is 17.5 Å². The molecule has 7 nitrogen and oxygen atoms in total. The first-order valence-electron chi connectivity index (χ1n) is 13.3. The summed E-state index contributed by atoms with van der Waals surface area (Å²) in [7, 11) is 0. The summed E-state index contributed by atoms with van der Waals surface area (Å²) in [4.78, 5) is 30.0. The molecule has 2 aliphatic rings. The van der Waals surface area contributed by atoms with Crippen molar-refractivity contribution in [2.24, 2.45) is 0 Å². The van der Waals surface area contributed by atoms with E-state index in [-0.39, 0.29) is 23.8 Å². The average Bonchev–Trinajstić information content (AvgIpc) is 2.98. The van der Waals surface area contributed by atoms with Crippen LogP contribution in [0.2, 0.25) is 0 Å². The van der Waals surface area contributed by atoms with Gasteiger partial charge in [-0.3, -0.25) is 19.4 Å². The average molecular weight is 548 g/mol. The molecule has 208 valence electrons. The third-order valence-electron chi connectivity index (χ3n) is 7.11. The number of nitrogens with one attached hydrogen (secondary N) is 1. The smallest absolute Gasteiger partial charge is 0.294 e. The van der Waals surface area contributed by atoms with E-state index in [9.17, 15) is 18.4 Å². The molecule has 2 heterocycles. The van der Waals surface area contributed by atoms with Crippen LogP contribution >= 0.6 is 0 Å². The summed E-state index contributed by atoms with van der Waals surface area (Å²) in [6.45, 7) is 6.51. The molecular weight excluding hydrogens is 516 g/mol. The second kappa shape index (κ2) is 12.4. The Morgan fingerprint density at radius 2 is 1.70 bits per heavy atom. The van der Waals surface area contributed by atoms with Gasteiger partial charge in [0.25, 0.3) is 11.8 Å². The van der Waals surface area contributed by atoms with Gasteiger partial charge < -0.3 is 14.8 Å². The first kappa shape index (κ1) is 27.5. The molecule has 2 aliphatic heterocycles. The zero-order valence-electron chi connectivity index (χ0n) is 22.3. The van der Waals surface area contributed by atoms with Crippen LogP contribution in [0.5, 0.6) is 5.75 Å². The second-order valence-corrected chi connectivity index (χ2v) is 9.79. The Kier molecular flexibility index (Phi) is 8.52. The number of halogens is 2. The summed E-state index contributed by atoms with van der Waals surface area (Å²) in [5, 5.41) is 2.96. The van der Waals surface area contributed by atoms with E-state index >= 15 is 0 Å². The molecule has 1 fully saturated rings. The van der Waals surface area contributed by atoms with Crippen LogP contribution in [-0.2, 0) is 16.1 Å². The summed E-state index contributed by atoms with van der Waals surface area (Å²) in [6.07, 6.45) is 0.855. The van der Waals surface area contributed by atoms with Crippen LogP contribution in [0.1, 0.15) is 34.8 Å². The molecule has 0 radical (unpaired) electrons. The van der Waals surface area contributed by atoms with Crippen molar-refractivity contribution in [2.75, 3.05) is 44.3 Å². The molecular formula is C31H31F2N3O4. The summed E-state index contributed by atoms with van der Waals surface area (Å²) in [6, 6.07) is 17.3. The van der Waals surface area contributed by atoms with Gasteiger partial charge in [0.1, 0.15) is 11.6 Å². The number of rotatable bonds is 8. The lowest BCUT2D eigenvalue weighted by atomic mass is 10.0. The third-order valence-corrected chi connectivity index (χ3v) is 7.11. The molecule has 2 amide bonds. The molecule has 0 saturated carbocycles. The predicted octanol–water partition coefficient (Wildman–Crippen LogP) is 4.77. The quantitative estimate of drug-likeness (QED) is 0.325. The summed E-state index contributed by atoms with van der Waals surface area (Å²) in [5.74, 6) is -1.47. The lowest BCUT2D eigenvalue weighted by Crippen LogP contribution is -2.38. The van der Waals surface area contributed by atoms with Gasteiger partial charge >= 0.3 is 0 Å². The van der Waals surface area contributed by atoms with Gasteiger partial charge in [0, 0.05) is 42.4 Å². The Hall–Kier alpha value is -4.08. The zero-order valence-corrected chi connectivity index (χ0v) is 22.3. The number of hydrogen-bond donors (Lipinski definition) is 1. The van der Waals surface area contributed by atoms with Crippen LogP contribution < -0.4 is 15.0 Å². The van der Waals surface area contributed by atoms with E-state index in [0.29, 0.717) is 34.7 Å². The Morgan fingerprint density at radius 3 is 2.45 bits per heavy atom. The lowest BCUT2D eigenvalue weighted by molar-refractivity contribution is -0.117. The number of allylic oxidation sites excluding steroid dienone is 1. The van der Waals surface area contributed by atoms with Crippen LogP contribution in [-0.4, -0.2) is 56.1 Å². The van der Waals surface area contributed by atoms with Gasteiger partial charge in [0.05, 0.1) is 25.4 Å². The van der Waals surface area contributed by atoms with Gasteiger partial charge in [-0.05, 0) is 55.8 Å². The summed E-state index contributed by atoms with van der Waals surface area (Å²) in [5.41, 5.74) is 2.47. The number of morpholine rings is 1. The minimum atomic E-state index is -0.728. The van der Waals surface area contributed by atoms with Crippen LogP contribution in [0.4, 0.5) is 14.5 Å². The summed E-state index contributed by atoms with van der Waals surface area (Å²) >= 11 is 0. The molecule has 0 bridgehead atoms. The van der Waals surface area contributed by atoms with Gasteiger partial charge in [-0.1, -0.05) is 30.3 Å². The van der Waals surface area contributed by atoms with Gasteiger partial charge in [-0.2, -0.15) is 0 Å². The second-order valence-electron chi connectivity index (χ2n) is 9.79. The first-order chi connectivity index (χ1) is 19.4. The fraction of sp³-hybridized carbons (Fsp3) is 0.290. The van der Waals surface area contributed by atoms with Crippen LogP contribution in [0.3, 0.4) is 0 Å². The number of para-hydroxylation sites is 2. The maximum Gasteiger partial charge on any atom is 0.294 e. The van der Waals surface area contributed by atoms with Gasteiger partial charge in [0.2, 0.25) is 0 Å². The number of anilines is 1. The van der Waals surface area contributed by atoms with E-state index in [1.165, 1.54) is 17.0 Å². The van der Waals surface area contributed by atoms with E-state index in [2.05, 4.69) is 10.2 Å². The normalized spacial score (nSPS) is 16.8. The van der Waals surface area contributed by atoms with Crippen molar-refractivity contribution < 1.29 is 27.8 Å². The van der Waals surface area contributed by atoms with Crippen molar-refractivity contribution in [3.63, 3.8) is 0 Å². The predicted molar refractivity (Wildman–Crippen MR) is 148 cm³/mol. The molecule has 0 atom stereocenters. The van der Waals surface area contributed by atoms with Crippen molar-refractivity contribution in [1.82, 2.24) is 10.2 Å². The number of benzene rings is 3. The van der Waals surface area contributed by atoms with Gasteiger partial charge in [-0.25, -0.2) is 8.78 Å². The highest BCUT2D eigenvalue weighted by Crippen LogP contribution is 2.38. The number of amides is 2. The largest absolute Gasteiger partial charge is 0.449 e. The highest BCUT2D eigenvalue weighted by molar-refractivity contribution is 6.11. The Balaban J connectivity index is 1.29. The summed E-state index contributed by atoms with van der Waals surface area (Å²) < 4.78 is 39.3. The first-order valence-corrected chi connectivity index (χ1v) is 13.3. The molecule has 9 heteroatoms. The molecule has 0 aromatic heterocycles. The fourth-order valence-corrected chi connectivity index (χ4v) is 4.80. The van der Waals surface area contributed by atoms with Crippen molar-refractivity contribution in [1.29, 1.82) is 0 Å². The molecule has 1 saturated heterocycles. The van der Waals surface area contributed by atoms with E-state index in [1.807, 2.05) is 0 Å². The Bertz CT molecular complexity index is 1420. The van der Waals surface area contributed by atoms with E-state index in [0.717, 1.165) is 45.3 Å². The van der Waals surface area contributed by atoms with Crippen LogP contribution in [0, 0.1) is 11.6 Å². The minimum absolute atomic E-state index is 0.0905. The molecule has 5 rings (SSSR count). The molecule has 0 unspecified atom stereocenters. The molecule has 1 N–H and O–H groups in total. The number of ether oxygens (including phenoxy) is 2. The number of nitrogens with zero attached hydrogens (tertiary/aromatic N) is 2. The molecule has 3 aromatic carbocycles. The van der Waals surface area contributed by atoms with Gasteiger partial charge in [-0.15, -0.1) is 0 Å². The minimum Gasteiger partial charge on any atom is -0.449 e. The molecule has 0 aliphatic carbocycles. The van der Waals surface area contributed by atoms with Crippen LogP contribution in [0.25, 0.3) is 5.57 Å². The SMILES string of the molecule is CC(=C1Oc2ccccc2N(Cc2ccc(F)cc2F)C1=O)c1ccc(C(=O)NCCCN2CCOCC2)cc1. The monoisotopic (exact) mass is 547 g/mol. The third kappa shape index (κ3) is 6.21. The number of fused-ring (bicyclic) bond motifs is 1.